The van der Waals surface area contributed by atoms with Gasteiger partial charge < -0.3 is 20.1 Å². The first-order valence-corrected chi connectivity index (χ1v) is 10.7. The lowest BCUT2D eigenvalue weighted by molar-refractivity contribution is -0.141. The summed E-state index contributed by atoms with van der Waals surface area (Å²) < 4.78 is 11.4. The molecule has 0 saturated carbocycles. The van der Waals surface area contributed by atoms with Gasteiger partial charge in [0, 0.05) is 5.70 Å². The van der Waals surface area contributed by atoms with E-state index >= 15 is 0 Å². The van der Waals surface area contributed by atoms with Crippen molar-refractivity contribution in [3.05, 3.63) is 77.0 Å². The predicted molar refractivity (Wildman–Crippen MR) is 119 cm³/mol. The van der Waals surface area contributed by atoms with Gasteiger partial charge in [-0.25, -0.2) is 9.59 Å². The molecule has 0 radical (unpaired) electrons. The fourth-order valence-electron chi connectivity index (χ4n) is 3.51. The number of urea groups is 1. The Hall–Kier alpha value is -3.28. The third-order valence-corrected chi connectivity index (χ3v) is 5.56. The number of esters is 1. The van der Waals surface area contributed by atoms with E-state index in [1.54, 1.807) is 6.92 Å². The molecule has 1 atom stereocenters. The van der Waals surface area contributed by atoms with Crippen molar-refractivity contribution in [2.24, 2.45) is 5.92 Å². The number of ether oxygens (including phenoxy) is 2. The van der Waals surface area contributed by atoms with Crippen molar-refractivity contribution in [2.45, 2.75) is 46.3 Å². The molecule has 0 aromatic heterocycles. The van der Waals surface area contributed by atoms with Crippen molar-refractivity contribution in [2.75, 3.05) is 6.61 Å². The Balaban J connectivity index is 1.73. The highest BCUT2D eigenvalue weighted by molar-refractivity contribution is 5.95. The van der Waals surface area contributed by atoms with Crippen LogP contribution < -0.4 is 15.4 Å². The molecule has 3 rings (SSSR count). The average molecular weight is 423 g/mol. The van der Waals surface area contributed by atoms with Crippen molar-refractivity contribution in [1.29, 1.82) is 0 Å². The summed E-state index contributed by atoms with van der Waals surface area (Å²) in [6, 6.07) is 16.4. The molecule has 1 aliphatic rings. The fourth-order valence-corrected chi connectivity index (χ4v) is 3.51. The molecule has 2 aromatic carbocycles. The molecule has 1 heterocycles. The SMILES string of the molecule is CCC(CC)COC(=O)C1=C(C)NC(=O)N[C@H]1c1ccc(OCc2ccccc2)cc1. The number of carbonyl (C=O) groups is 2. The number of benzene rings is 2. The van der Waals surface area contributed by atoms with Gasteiger partial charge in [-0.15, -0.1) is 0 Å². The third-order valence-electron chi connectivity index (χ3n) is 5.56. The predicted octanol–water partition coefficient (Wildman–Crippen LogP) is 4.87. The van der Waals surface area contributed by atoms with E-state index in [1.807, 2.05) is 54.6 Å². The Labute approximate surface area is 183 Å². The van der Waals surface area contributed by atoms with Crippen LogP contribution in [-0.4, -0.2) is 18.6 Å². The van der Waals surface area contributed by atoms with Gasteiger partial charge in [0.05, 0.1) is 18.2 Å². The van der Waals surface area contributed by atoms with E-state index in [9.17, 15) is 9.59 Å². The molecule has 0 saturated heterocycles. The lowest BCUT2D eigenvalue weighted by atomic mass is 9.95. The molecule has 0 bridgehead atoms. The maximum atomic E-state index is 12.9. The summed E-state index contributed by atoms with van der Waals surface area (Å²) >= 11 is 0. The summed E-state index contributed by atoms with van der Waals surface area (Å²) in [6.45, 7) is 6.72. The lowest BCUT2D eigenvalue weighted by Crippen LogP contribution is -2.45. The Bertz CT molecular complexity index is 918. The second kappa shape index (κ2) is 10.7. The van der Waals surface area contributed by atoms with E-state index in [1.165, 1.54) is 0 Å². The molecule has 164 valence electrons. The number of nitrogens with one attached hydrogen (secondary N) is 2. The van der Waals surface area contributed by atoms with Crippen LogP contribution in [0.4, 0.5) is 4.79 Å². The van der Waals surface area contributed by atoms with Crippen molar-refractivity contribution < 1.29 is 19.1 Å². The first-order chi connectivity index (χ1) is 15.0. The van der Waals surface area contributed by atoms with Crippen LogP contribution in [0.1, 0.15) is 50.8 Å². The van der Waals surface area contributed by atoms with Crippen LogP contribution >= 0.6 is 0 Å². The van der Waals surface area contributed by atoms with Gasteiger partial charge in [0.25, 0.3) is 0 Å². The fraction of sp³-hybridized carbons (Fsp3) is 0.360. The van der Waals surface area contributed by atoms with Crippen molar-refractivity contribution in [3.8, 4) is 5.75 Å². The number of rotatable bonds is 9. The topological polar surface area (TPSA) is 76.7 Å². The molecule has 6 heteroatoms. The van der Waals surface area contributed by atoms with Crippen molar-refractivity contribution >= 4 is 12.0 Å². The van der Waals surface area contributed by atoms with Crippen LogP contribution in [0.2, 0.25) is 0 Å². The minimum absolute atomic E-state index is 0.329. The Morgan fingerprint density at radius 1 is 1.03 bits per heavy atom. The Kier molecular flexibility index (Phi) is 7.70. The van der Waals surface area contributed by atoms with Gasteiger partial charge in [-0.3, -0.25) is 0 Å². The summed E-state index contributed by atoms with van der Waals surface area (Å²) in [5.41, 5.74) is 2.80. The Morgan fingerprint density at radius 2 is 1.71 bits per heavy atom. The third kappa shape index (κ3) is 5.87. The van der Waals surface area contributed by atoms with Gasteiger partial charge in [-0.2, -0.15) is 0 Å². The van der Waals surface area contributed by atoms with E-state index in [0.29, 0.717) is 36.2 Å². The lowest BCUT2D eigenvalue weighted by Gasteiger charge is -2.28. The summed E-state index contributed by atoms with van der Waals surface area (Å²) in [6.07, 6.45) is 1.90. The van der Waals surface area contributed by atoms with Crippen LogP contribution in [0.25, 0.3) is 0 Å². The van der Waals surface area contributed by atoms with Gasteiger partial charge in [-0.1, -0.05) is 69.2 Å². The molecule has 31 heavy (non-hydrogen) atoms. The number of amides is 2. The highest BCUT2D eigenvalue weighted by Crippen LogP contribution is 2.29. The summed E-state index contributed by atoms with van der Waals surface area (Å²) in [4.78, 5) is 24.9. The molecule has 0 aliphatic carbocycles. The maximum Gasteiger partial charge on any atom is 0.338 e. The minimum atomic E-state index is -0.578. The minimum Gasteiger partial charge on any atom is -0.489 e. The molecule has 0 unspecified atom stereocenters. The summed E-state index contributed by atoms with van der Waals surface area (Å²) in [5, 5.41) is 5.52. The molecular weight excluding hydrogens is 392 g/mol. The average Bonchev–Trinajstić information content (AvgIpc) is 2.78. The molecule has 2 aromatic rings. The zero-order chi connectivity index (χ0) is 22.2. The second-order valence-corrected chi connectivity index (χ2v) is 7.69. The van der Waals surface area contributed by atoms with Gasteiger partial charge in [0.1, 0.15) is 12.4 Å². The first kappa shape index (κ1) is 22.4. The van der Waals surface area contributed by atoms with E-state index in [2.05, 4.69) is 24.5 Å². The monoisotopic (exact) mass is 422 g/mol. The van der Waals surface area contributed by atoms with E-state index in [-0.39, 0.29) is 6.03 Å². The molecule has 2 amide bonds. The normalized spacial score (nSPS) is 16.0. The summed E-state index contributed by atoms with van der Waals surface area (Å²) in [5.74, 6) is 0.633. The largest absolute Gasteiger partial charge is 0.489 e. The van der Waals surface area contributed by atoms with Crippen LogP contribution in [0, 0.1) is 5.92 Å². The molecule has 2 N–H and O–H groups in total. The first-order valence-electron chi connectivity index (χ1n) is 10.7. The number of carbonyl (C=O) groups excluding carboxylic acids is 2. The molecule has 0 spiro atoms. The van der Waals surface area contributed by atoms with Crippen LogP contribution in [0.15, 0.2) is 65.9 Å². The zero-order valence-corrected chi connectivity index (χ0v) is 18.3. The quantitative estimate of drug-likeness (QED) is 0.565. The second-order valence-electron chi connectivity index (χ2n) is 7.69. The number of allylic oxidation sites excluding steroid dienone is 1. The highest BCUT2D eigenvalue weighted by Gasteiger charge is 2.32. The standard InChI is InChI=1S/C25H30N2O4/c1-4-18(5-2)15-31-24(28)22-17(3)26-25(29)27-23(22)20-11-13-21(14-12-20)30-16-19-9-7-6-8-10-19/h6-14,18,23H,4-5,15-16H2,1-3H3,(H2,26,27,29)/t23-/m0/s1. The smallest absolute Gasteiger partial charge is 0.338 e. The van der Waals surface area contributed by atoms with E-state index < -0.39 is 12.0 Å². The van der Waals surface area contributed by atoms with Gasteiger partial charge in [0.15, 0.2) is 0 Å². The van der Waals surface area contributed by atoms with Crippen LogP contribution in [-0.2, 0) is 16.1 Å². The van der Waals surface area contributed by atoms with Gasteiger partial charge in [-0.05, 0) is 36.1 Å². The van der Waals surface area contributed by atoms with Crippen LogP contribution in [0.3, 0.4) is 0 Å². The molecule has 1 aliphatic heterocycles. The Morgan fingerprint density at radius 3 is 2.35 bits per heavy atom. The number of hydrogen-bond donors (Lipinski definition) is 2. The molecule has 0 fully saturated rings. The zero-order valence-electron chi connectivity index (χ0n) is 18.3. The van der Waals surface area contributed by atoms with E-state index in [0.717, 1.165) is 24.0 Å². The molecule has 6 nitrogen and oxygen atoms in total. The highest BCUT2D eigenvalue weighted by atomic mass is 16.5. The van der Waals surface area contributed by atoms with E-state index in [4.69, 9.17) is 9.47 Å². The molecular formula is C25H30N2O4. The van der Waals surface area contributed by atoms with Gasteiger partial charge >= 0.3 is 12.0 Å². The van der Waals surface area contributed by atoms with Crippen molar-refractivity contribution in [1.82, 2.24) is 10.6 Å². The summed E-state index contributed by atoms with van der Waals surface area (Å²) in [7, 11) is 0. The maximum absolute atomic E-state index is 12.9. The van der Waals surface area contributed by atoms with Gasteiger partial charge in [0.2, 0.25) is 0 Å². The van der Waals surface area contributed by atoms with Crippen LogP contribution in [0.5, 0.6) is 5.75 Å². The van der Waals surface area contributed by atoms with Crippen molar-refractivity contribution in [3.63, 3.8) is 0 Å². The number of hydrogen-bond acceptors (Lipinski definition) is 4.